The SMILES string of the molecule is Cc1ccccc1CN(C)CC(O)CNCC(C)C. The molecule has 0 aliphatic carbocycles. The molecule has 0 heterocycles. The van der Waals surface area contributed by atoms with Crippen molar-refractivity contribution in [3.63, 3.8) is 0 Å². The molecule has 0 aromatic heterocycles. The maximum absolute atomic E-state index is 9.98. The van der Waals surface area contributed by atoms with Gasteiger partial charge in [-0.3, -0.25) is 4.90 Å². The van der Waals surface area contributed by atoms with Crippen LogP contribution in [0.5, 0.6) is 0 Å². The summed E-state index contributed by atoms with van der Waals surface area (Å²) in [5, 5.41) is 13.3. The number of nitrogens with one attached hydrogen (secondary N) is 1. The third-order valence-corrected chi connectivity index (χ3v) is 3.16. The number of aliphatic hydroxyl groups is 1. The number of nitrogens with zero attached hydrogens (tertiary/aromatic N) is 1. The van der Waals surface area contributed by atoms with Crippen LogP contribution in [0.3, 0.4) is 0 Å². The van der Waals surface area contributed by atoms with Crippen molar-refractivity contribution in [3.8, 4) is 0 Å². The van der Waals surface area contributed by atoms with Gasteiger partial charge in [-0.2, -0.15) is 0 Å². The smallest absolute Gasteiger partial charge is 0.0791 e. The molecule has 0 saturated heterocycles. The fourth-order valence-electron chi connectivity index (χ4n) is 2.11. The Morgan fingerprint density at radius 3 is 2.53 bits per heavy atom. The Labute approximate surface area is 117 Å². The second-order valence-corrected chi connectivity index (χ2v) is 5.83. The summed E-state index contributed by atoms with van der Waals surface area (Å²) in [6.45, 7) is 9.67. The molecule has 2 N–H and O–H groups in total. The lowest BCUT2D eigenvalue weighted by Gasteiger charge is -2.22. The second-order valence-electron chi connectivity index (χ2n) is 5.83. The van der Waals surface area contributed by atoms with E-state index in [1.807, 2.05) is 0 Å². The van der Waals surface area contributed by atoms with Crippen molar-refractivity contribution in [2.45, 2.75) is 33.4 Å². The van der Waals surface area contributed by atoms with E-state index in [4.69, 9.17) is 0 Å². The molecule has 0 aliphatic rings. The van der Waals surface area contributed by atoms with Gasteiger partial charge in [0.25, 0.3) is 0 Å². The van der Waals surface area contributed by atoms with Gasteiger partial charge in [0.1, 0.15) is 0 Å². The summed E-state index contributed by atoms with van der Waals surface area (Å²) in [5.74, 6) is 0.622. The van der Waals surface area contributed by atoms with E-state index in [-0.39, 0.29) is 6.10 Å². The molecule has 0 bridgehead atoms. The third kappa shape index (κ3) is 6.71. The van der Waals surface area contributed by atoms with Crippen LogP contribution in [0.2, 0.25) is 0 Å². The first-order valence-corrected chi connectivity index (χ1v) is 7.11. The van der Waals surface area contributed by atoms with E-state index < -0.39 is 0 Å². The number of aryl methyl sites for hydroxylation is 1. The Bertz CT molecular complexity index is 366. The average molecular weight is 264 g/mol. The topological polar surface area (TPSA) is 35.5 Å². The van der Waals surface area contributed by atoms with E-state index in [0.29, 0.717) is 19.0 Å². The molecule has 0 saturated carbocycles. The summed E-state index contributed by atoms with van der Waals surface area (Å²) in [6.07, 6.45) is -0.312. The van der Waals surface area contributed by atoms with Crippen molar-refractivity contribution in [1.82, 2.24) is 10.2 Å². The van der Waals surface area contributed by atoms with Gasteiger partial charge in [-0.25, -0.2) is 0 Å². The van der Waals surface area contributed by atoms with Crippen LogP contribution in [0, 0.1) is 12.8 Å². The molecule has 3 heteroatoms. The number of hydrogen-bond acceptors (Lipinski definition) is 3. The van der Waals surface area contributed by atoms with Crippen molar-refractivity contribution in [1.29, 1.82) is 0 Å². The van der Waals surface area contributed by atoms with Gasteiger partial charge >= 0.3 is 0 Å². The highest BCUT2D eigenvalue weighted by molar-refractivity contribution is 5.25. The zero-order chi connectivity index (χ0) is 14.3. The van der Waals surface area contributed by atoms with Crippen molar-refractivity contribution in [3.05, 3.63) is 35.4 Å². The highest BCUT2D eigenvalue weighted by Crippen LogP contribution is 2.09. The molecule has 3 nitrogen and oxygen atoms in total. The van der Waals surface area contributed by atoms with Crippen LogP contribution in [0.15, 0.2) is 24.3 Å². The fourth-order valence-corrected chi connectivity index (χ4v) is 2.11. The highest BCUT2D eigenvalue weighted by Gasteiger charge is 2.09. The van der Waals surface area contributed by atoms with Gasteiger partial charge < -0.3 is 10.4 Å². The molecule has 0 amide bonds. The lowest BCUT2D eigenvalue weighted by atomic mass is 10.1. The van der Waals surface area contributed by atoms with Gasteiger partial charge in [-0.15, -0.1) is 0 Å². The van der Waals surface area contributed by atoms with E-state index in [9.17, 15) is 5.11 Å². The van der Waals surface area contributed by atoms with Crippen LogP contribution in [0.25, 0.3) is 0 Å². The Morgan fingerprint density at radius 2 is 1.89 bits per heavy atom. The van der Waals surface area contributed by atoms with Crippen LogP contribution >= 0.6 is 0 Å². The van der Waals surface area contributed by atoms with Gasteiger partial charge in [-0.1, -0.05) is 38.1 Å². The first-order valence-electron chi connectivity index (χ1n) is 7.11. The minimum Gasteiger partial charge on any atom is -0.390 e. The van der Waals surface area contributed by atoms with Crippen molar-refractivity contribution < 1.29 is 5.11 Å². The van der Waals surface area contributed by atoms with Crippen LogP contribution in [-0.4, -0.2) is 42.8 Å². The number of rotatable bonds is 8. The van der Waals surface area contributed by atoms with Crippen LogP contribution in [0.1, 0.15) is 25.0 Å². The Morgan fingerprint density at radius 1 is 1.21 bits per heavy atom. The standard InChI is InChI=1S/C16H28N2O/c1-13(2)9-17-10-16(19)12-18(4)11-15-8-6-5-7-14(15)3/h5-8,13,16-17,19H,9-12H2,1-4H3. The number of benzene rings is 1. The molecule has 1 atom stereocenters. The molecule has 0 fully saturated rings. The predicted octanol–water partition coefficient (Wildman–Crippen LogP) is 2.03. The molecule has 0 aliphatic heterocycles. The first-order chi connectivity index (χ1) is 8.99. The van der Waals surface area contributed by atoms with Gasteiger partial charge in [0, 0.05) is 19.6 Å². The fraction of sp³-hybridized carbons (Fsp3) is 0.625. The monoisotopic (exact) mass is 264 g/mol. The molecule has 1 aromatic rings. The minimum atomic E-state index is -0.312. The second kappa shape index (κ2) is 8.31. The summed E-state index contributed by atoms with van der Waals surface area (Å²) < 4.78 is 0. The summed E-state index contributed by atoms with van der Waals surface area (Å²) in [6, 6.07) is 8.40. The lowest BCUT2D eigenvalue weighted by molar-refractivity contribution is 0.120. The minimum absolute atomic E-state index is 0.312. The Kier molecular flexibility index (Phi) is 7.06. The molecule has 1 unspecified atom stereocenters. The van der Waals surface area contributed by atoms with Crippen molar-refractivity contribution >= 4 is 0 Å². The molecule has 0 radical (unpaired) electrons. The zero-order valence-electron chi connectivity index (χ0n) is 12.7. The quantitative estimate of drug-likeness (QED) is 0.754. The number of aliphatic hydroxyl groups excluding tert-OH is 1. The van der Waals surface area contributed by atoms with Crippen molar-refractivity contribution in [2.24, 2.45) is 5.92 Å². The van der Waals surface area contributed by atoms with E-state index in [1.165, 1.54) is 11.1 Å². The summed E-state index contributed by atoms with van der Waals surface area (Å²) in [4.78, 5) is 2.17. The lowest BCUT2D eigenvalue weighted by Crippen LogP contribution is -2.37. The van der Waals surface area contributed by atoms with Gasteiger partial charge in [0.05, 0.1) is 6.10 Å². The highest BCUT2D eigenvalue weighted by atomic mass is 16.3. The number of likely N-dealkylation sites (N-methyl/N-ethyl adjacent to an activating group) is 1. The molecule has 1 rings (SSSR count). The molecular formula is C16H28N2O. The van der Waals surface area contributed by atoms with Crippen LogP contribution < -0.4 is 5.32 Å². The maximum atomic E-state index is 9.98. The van der Waals surface area contributed by atoms with E-state index in [2.05, 4.69) is 62.3 Å². The summed E-state index contributed by atoms with van der Waals surface area (Å²) >= 11 is 0. The van der Waals surface area contributed by atoms with Gasteiger partial charge in [0.15, 0.2) is 0 Å². The van der Waals surface area contributed by atoms with Crippen LogP contribution in [0.4, 0.5) is 0 Å². The Hall–Kier alpha value is -0.900. The average Bonchev–Trinajstić information content (AvgIpc) is 2.31. The normalized spacial score (nSPS) is 13.2. The number of hydrogen-bond donors (Lipinski definition) is 2. The summed E-state index contributed by atoms with van der Waals surface area (Å²) in [5.41, 5.74) is 2.63. The largest absolute Gasteiger partial charge is 0.390 e. The zero-order valence-corrected chi connectivity index (χ0v) is 12.7. The van der Waals surface area contributed by atoms with E-state index >= 15 is 0 Å². The van der Waals surface area contributed by atoms with Crippen LogP contribution in [-0.2, 0) is 6.54 Å². The summed E-state index contributed by atoms with van der Waals surface area (Å²) in [7, 11) is 2.05. The predicted molar refractivity (Wildman–Crippen MR) is 81.2 cm³/mol. The van der Waals surface area contributed by atoms with E-state index in [0.717, 1.165) is 13.1 Å². The van der Waals surface area contributed by atoms with Gasteiger partial charge in [0.2, 0.25) is 0 Å². The van der Waals surface area contributed by atoms with Crippen molar-refractivity contribution in [2.75, 3.05) is 26.7 Å². The maximum Gasteiger partial charge on any atom is 0.0791 e. The molecule has 108 valence electrons. The van der Waals surface area contributed by atoms with Gasteiger partial charge in [-0.05, 0) is 37.6 Å². The first kappa shape index (κ1) is 16.2. The van der Waals surface area contributed by atoms with E-state index in [1.54, 1.807) is 0 Å². The molecular weight excluding hydrogens is 236 g/mol. The molecule has 19 heavy (non-hydrogen) atoms. The molecule has 1 aromatic carbocycles. The Balaban J connectivity index is 2.30. The third-order valence-electron chi connectivity index (χ3n) is 3.16. The molecule has 0 spiro atoms.